The quantitative estimate of drug-likeness (QED) is 0.658. The number of halogens is 4. The Bertz CT molecular complexity index is 419. The van der Waals surface area contributed by atoms with Gasteiger partial charge in [-0.2, -0.15) is 0 Å². The molecule has 2 amide bonds. The van der Waals surface area contributed by atoms with Gasteiger partial charge in [0.2, 0.25) is 0 Å². The van der Waals surface area contributed by atoms with Gasteiger partial charge in [0.1, 0.15) is 11.6 Å². The Balaban J connectivity index is 2.71. The summed E-state index contributed by atoms with van der Waals surface area (Å²) in [6.07, 6.45) is -1.19. The fourth-order valence-electron chi connectivity index (χ4n) is 1.17. The summed E-state index contributed by atoms with van der Waals surface area (Å²) in [4.78, 5) is 10.9. The van der Waals surface area contributed by atoms with Crippen molar-refractivity contribution in [2.45, 2.75) is 11.3 Å². The molecule has 0 saturated carbocycles. The van der Waals surface area contributed by atoms with Crippen molar-refractivity contribution >= 4 is 23.5 Å². The summed E-state index contributed by atoms with van der Waals surface area (Å²) in [7, 11) is 0. The van der Waals surface area contributed by atoms with Crippen LogP contribution in [-0.2, 0) is 0 Å². The van der Waals surface area contributed by atoms with Crippen LogP contribution >= 0.6 is 11.8 Å². The first-order valence-corrected chi connectivity index (χ1v) is 6.02. The number of alkyl halides is 2. The van der Waals surface area contributed by atoms with Crippen molar-refractivity contribution in [3.63, 3.8) is 0 Å². The van der Waals surface area contributed by atoms with Gasteiger partial charge in [0.05, 0.1) is 11.4 Å². The molecule has 18 heavy (non-hydrogen) atoms. The first kappa shape index (κ1) is 14.6. The lowest BCUT2D eigenvalue weighted by atomic mass is 10.3. The minimum Gasteiger partial charge on any atom is -0.332 e. The number of anilines is 1. The molecular formula is C10H10F4N2OS. The van der Waals surface area contributed by atoms with Gasteiger partial charge in [0.15, 0.2) is 0 Å². The Morgan fingerprint density at radius 1 is 1.33 bits per heavy atom. The highest BCUT2D eigenvalue weighted by Gasteiger charge is 2.12. The standard InChI is InChI=1S/C10H10F4N2OS/c1-18-9-6(11)2-5(3-7(9)12)16-10(17)15-4-8(13)14/h2-3,8H,4H2,1H3,(H2,15,16,17). The number of hydrogen-bond donors (Lipinski definition) is 2. The van der Waals surface area contributed by atoms with E-state index in [1.54, 1.807) is 0 Å². The minimum atomic E-state index is -2.69. The second kappa shape index (κ2) is 6.48. The van der Waals surface area contributed by atoms with Crippen molar-refractivity contribution in [2.75, 3.05) is 18.1 Å². The molecule has 0 bridgehead atoms. The number of thioether (sulfide) groups is 1. The zero-order valence-corrected chi connectivity index (χ0v) is 10.1. The first-order valence-electron chi connectivity index (χ1n) is 4.80. The largest absolute Gasteiger partial charge is 0.332 e. The molecule has 1 aromatic rings. The molecule has 2 N–H and O–H groups in total. The highest BCUT2D eigenvalue weighted by Crippen LogP contribution is 2.26. The van der Waals surface area contributed by atoms with Crippen LogP contribution in [0.2, 0.25) is 0 Å². The van der Waals surface area contributed by atoms with Crippen LogP contribution in [-0.4, -0.2) is 25.3 Å². The monoisotopic (exact) mass is 282 g/mol. The normalized spacial score (nSPS) is 10.6. The molecule has 100 valence electrons. The lowest BCUT2D eigenvalue weighted by molar-refractivity contribution is 0.148. The fraction of sp³-hybridized carbons (Fsp3) is 0.300. The molecule has 0 fully saturated rings. The molecule has 0 atom stereocenters. The molecule has 0 radical (unpaired) electrons. The summed E-state index contributed by atoms with van der Waals surface area (Å²) >= 11 is 0.886. The molecule has 8 heteroatoms. The molecule has 0 aromatic heterocycles. The average Bonchev–Trinajstić information content (AvgIpc) is 2.26. The topological polar surface area (TPSA) is 41.1 Å². The van der Waals surface area contributed by atoms with Crippen LogP contribution in [0.5, 0.6) is 0 Å². The van der Waals surface area contributed by atoms with Crippen LogP contribution in [0.4, 0.5) is 28.0 Å². The molecule has 0 saturated heterocycles. The summed E-state index contributed by atoms with van der Waals surface area (Å²) in [5.74, 6) is -1.65. The summed E-state index contributed by atoms with van der Waals surface area (Å²) < 4.78 is 50.2. The van der Waals surface area contributed by atoms with Gasteiger partial charge in [-0.15, -0.1) is 11.8 Å². The van der Waals surface area contributed by atoms with Gasteiger partial charge < -0.3 is 10.6 Å². The molecule has 0 aliphatic carbocycles. The number of rotatable bonds is 4. The van der Waals surface area contributed by atoms with Crippen molar-refractivity contribution in [1.82, 2.24) is 5.32 Å². The van der Waals surface area contributed by atoms with Gasteiger partial charge in [-0.25, -0.2) is 22.4 Å². The van der Waals surface area contributed by atoms with Gasteiger partial charge in [0, 0.05) is 5.69 Å². The molecule has 0 aliphatic rings. The molecule has 1 rings (SSSR count). The predicted molar refractivity (Wildman–Crippen MR) is 61.2 cm³/mol. The minimum absolute atomic E-state index is 0.144. The maximum Gasteiger partial charge on any atom is 0.319 e. The highest BCUT2D eigenvalue weighted by atomic mass is 32.2. The number of benzene rings is 1. The van der Waals surface area contributed by atoms with Crippen molar-refractivity contribution in [3.05, 3.63) is 23.8 Å². The van der Waals surface area contributed by atoms with E-state index in [0.29, 0.717) is 0 Å². The number of carbonyl (C=O) groups is 1. The second-order valence-electron chi connectivity index (χ2n) is 3.20. The fourth-order valence-corrected chi connectivity index (χ4v) is 1.68. The van der Waals surface area contributed by atoms with E-state index in [1.807, 2.05) is 5.32 Å². The van der Waals surface area contributed by atoms with E-state index in [1.165, 1.54) is 6.26 Å². The van der Waals surface area contributed by atoms with Crippen LogP contribution in [0.15, 0.2) is 17.0 Å². The van der Waals surface area contributed by atoms with Gasteiger partial charge >= 0.3 is 6.03 Å². The van der Waals surface area contributed by atoms with E-state index in [9.17, 15) is 22.4 Å². The van der Waals surface area contributed by atoms with Crippen LogP contribution in [0.25, 0.3) is 0 Å². The van der Waals surface area contributed by atoms with Gasteiger partial charge in [-0.3, -0.25) is 0 Å². The summed E-state index contributed by atoms with van der Waals surface area (Å²) in [6, 6.07) is 0.874. The summed E-state index contributed by atoms with van der Waals surface area (Å²) in [6.45, 7) is -0.834. The van der Waals surface area contributed by atoms with Crippen molar-refractivity contribution < 1.29 is 22.4 Å². The summed E-state index contributed by atoms with van der Waals surface area (Å²) in [5, 5.41) is 3.91. The van der Waals surface area contributed by atoms with E-state index in [-0.39, 0.29) is 10.6 Å². The van der Waals surface area contributed by atoms with Crippen LogP contribution in [0.1, 0.15) is 0 Å². The summed E-state index contributed by atoms with van der Waals surface area (Å²) in [5.41, 5.74) is -0.144. The Morgan fingerprint density at radius 2 is 1.89 bits per heavy atom. The van der Waals surface area contributed by atoms with Crippen LogP contribution in [0.3, 0.4) is 0 Å². The molecule has 0 heterocycles. The van der Waals surface area contributed by atoms with Crippen molar-refractivity contribution in [3.8, 4) is 0 Å². The third-order valence-corrected chi connectivity index (χ3v) is 2.68. The number of nitrogens with one attached hydrogen (secondary N) is 2. The van der Waals surface area contributed by atoms with E-state index in [0.717, 1.165) is 23.9 Å². The van der Waals surface area contributed by atoms with E-state index >= 15 is 0 Å². The lowest BCUT2D eigenvalue weighted by Crippen LogP contribution is -2.32. The third kappa shape index (κ3) is 4.10. The van der Waals surface area contributed by atoms with Gasteiger partial charge in [-0.05, 0) is 18.4 Å². The van der Waals surface area contributed by atoms with Gasteiger partial charge in [-0.1, -0.05) is 0 Å². The Kier molecular flexibility index (Phi) is 5.26. The molecule has 1 aromatic carbocycles. The number of urea groups is 1. The molecular weight excluding hydrogens is 272 g/mol. The van der Waals surface area contributed by atoms with Crippen molar-refractivity contribution in [1.29, 1.82) is 0 Å². The third-order valence-electron chi connectivity index (χ3n) is 1.88. The smallest absolute Gasteiger partial charge is 0.319 e. The van der Waals surface area contributed by atoms with Gasteiger partial charge in [0.25, 0.3) is 6.43 Å². The van der Waals surface area contributed by atoms with Crippen LogP contribution in [0, 0.1) is 11.6 Å². The zero-order valence-electron chi connectivity index (χ0n) is 9.27. The van der Waals surface area contributed by atoms with Crippen LogP contribution < -0.4 is 10.6 Å². The molecule has 0 spiro atoms. The Hall–Kier alpha value is -1.44. The molecule has 3 nitrogen and oxygen atoms in total. The Labute approximate surface area is 105 Å². The number of amides is 2. The number of hydrogen-bond acceptors (Lipinski definition) is 2. The number of carbonyl (C=O) groups excluding carboxylic acids is 1. The Morgan fingerprint density at radius 3 is 2.33 bits per heavy atom. The average molecular weight is 282 g/mol. The first-order chi connectivity index (χ1) is 8.43. The second-order valence-corrected chi connectivity index (χ2v) is 4.02. The van der Waals surface area contributed by atoms with E-state index < -0.39 is 30.6 Å². The van der Waals surface area contributed by atoms with Crippen molar-refractivity contribution in [2.24, 2.45) is 0 Å². The SMILES string of the molecule is CSc1c(F)cc(NC(=O)NCC(F)F)cc1F. The zero-order chi connectivity index (χ0) is 13.7. The molecule has 0 unspecified atom stereocenters. The maximum absolute atomic E-state index is 13.3. The van der Waals surface area contributed by atoms with E-state index in [4.69, 9.17) is 0 Å². The predicted octanol–water partition coefficient (Wildman–Crippen LogP) is 3.07. The maximum atomic E-state index is 13.3. The highest BCUT2D eigenvalue weighted by molar-refractivity contribution is 7.98. The molecule has 0 aliphatic heterocycles. The lowest BCUT2D eigenvalue weighted by Gasteiger charge is -2.09. The van der Waals surface area contributed by atoms with E-state index in [2.05, 4.69) is 5.32 Å².